The van der Waals surface area contributed by atoms with Crippen molar-refractivity contribution in [3.8, 4) is 0 Å². The van der Waals surface area contributed by atoms with Crippen LogP contribution in [0.2, 0.25) is 0 Å². The minimum atomic E-state index is -0.832. The molecule has 1 unspecified atom stereocenters. The average molecular weight is 187 g/mol. The summed E-state index contributed by atoms with van der Waals surface area (Å²) >= 11 is 0. The summed E-state index contributed by atoms with van der Waals surface area (Å²) in [5.41, 5.74) is -0.832. The molecule has 1 aliphatic heterocycles. The smallest absolute Gasteiger partial charge is 0.410 e. The van der Waals surface area contributed by atoms with Gasteiger partial charge in [0.2, 0.25) is 0 Å². The molecule has 0 aliphatic carbocycles. The monoisotopic (exact) mass is 187 g/mol. The summed E-state index contributed by atoms with van der Waals surface area (Å²) in [6.45, 7) is 2.21. The maximum absolute atomic E-state index is 11.3. The van der Waals surface area contributed by atoms with Gasteiger partial charge in [0.05, 0.1) is 14.2 Å². The van der Waals surface area contributed by atoms with Gasteiger partial charge in [-0.2, -0.15) is 0 Å². The van der Waals surface area contributed by atoms with E-state index in [-0.39, 0.29) is 0 Å². The standard InChI is InChI=1S/C8H13NO4/c1-8(6(10)12-2)4-5-9(8)7(11)13-3/h4-5H2,1-3H3. The van der Waals surface area contributed by atoms with Crippen molar-refractivity contribution in [2.24, 2.45) is 0 Å². The van der Waals surface area contributed by atoms with Crippen LogP contribution < -0.4 is 0 Å². The van der Waals surface area contributed by atoms with E-state index in [1.807, 2.05) is 0 Å². The molecule has 1 amide bonds. The van der Waals surface area contributed by atoms with Gasteiger partial charge in [0.15, 0.2) is 0 Å². The van der Waals surface area contributed by atoms with E-state index in [4.69, 9.17) is 0 Å². The van der Waals surface area contributed by atoms with E-state index in [0.29, 0.717) is 13.0 Å². The Labute approximate surface area is 76.6 Å². The summed E-state index contributed by atoms with van der Waals surface area (Å²) in [6.07, 6.45) is 0.133. The number of esters is 1. The zero-order valence-corrected chi connectivity index (χ0v) is 7.99. The van der Waals surface area contributed by atoms with Gasteiger partial charge in [-0.15, -0.1) is 0 Å². The number of hydrogen-bond donors (Lipinski definition) is 0. The lowest BCUT2D eigenvalue weighted by Crippen LogP contribution is -2.64. The van der Waals surface area contributed by atoms with Crippen molar-refractivity contribution in [1.29, 1.82) is 0 Å². The lowest BCUT2D eigenvalue weighted by Gasteiger charge is -2.46. The highest BCUT2D eigenvalue weighted by Gasteiger charge is 2.51. The van der Waals surface area contributed by atoms with Gasteiger partial charge >= 0.3 is 12.1 Å². The first-order chi connectivity index (χ1) is 6.06. The molecule has 1 saturated heterocycles. The molecule has 1 heterocycles. The fraction of sp³-hybridized carbons (Fsp3) is 0.750. The number of methoxy groups -OCH3 is 2. The number of carbonyl (C=O) groups excluding carboxylic acids is 2. The Bertz CT molecular complexity index is 240. The molecule has 1 rings (SSSR count). The molecule has 0 bridgehead atoms. The van der Waals surface area contributed by atoms with Gasteiger partial charge < -0.3 is 9.47 Å². The quantitative estimate of drug-likeness (QED) is 0.557. The molecule has 0 aromatic carbocycles. The topological polar surface area (TPSA) is 55.8 Å². The first kappa shape index (κ1) is 9.83. The Morgan fingerprint density at radius 2 is 1.92 bits per heavy atom. The number of hydrogen-bond acceptors (Lipinski definition) is 4. The minimum absolute atomic E-state index is 0.399. The second-order valence-corrected chi connectivity index (χ2v) is 3.14. The van der Waals surface area contributed by atoms with Gasteiger partial charge in [-0.25, -0.2) is 9.59 Å². The minimum Gasteiger partial charge on any atom is -0.467 e. The van der Waals surface area contributed by atoms with Crippen LogP contribution >= 0.6 is 0 Å². The molecule has 1 fully saturated rings. The van der Waals surface area contributed by atoms with Crippen LogP contribution in [0.25, 0.3) is 0 Å². The second kappa shape index (κ2) is 3.24. The molecular formula is C8H13NO4. The fourth-order valence-corrected chi connectivity index (χ4v) is 1.39. The van der Waals surface area contributed by atoms with E-state index in [1.54, 1.807) is 6.92 Å². The number of carbonyl (C=O) groups is 2. The van der Waals surface area contributed by atoms with Gasteiger partial charge in [0.25, 0.3) is 0 Å². The lowest BCUT2D eigenvalue weighted by atomic mass is 9.87. The molecule has 5 nitrogen and oxygen atoms in total. The third-order valence-corrected chi connectivity index (χ3v) is 2.44. The van der Waals surface area contributed by atoms with E-state index < -0.39 is 17.6 Å². The van der Waals surface area contributed by atoms with Crippen molar-refractivity contribution in [2.75, 3.05) is 20.8 Å². The first-order valence-corrected chi connectivity index (χ1v) is 4.00. The zero-order chi connectivity index (χ0) is 10.1. The molecule has 13 heavy (non-hydrogen) atoms. The van der Waals surface area contributed by atoms with E-state index >= 15 is 0 Å². The number of rotatable bonds is 1. The number of ether oxygens (including phenoxy) is 2. The molecular weight excluding hydrogens is 174 g/mol. The molecule has 0 spiro atoms. The highest BCUT2D eigenvalue weighted by Crippen LogP contribution is 2.31. The van der Waals surface area contributed by atoms with Gasteiger partial charge in [-0.05, 0) is 13.3 Å². The molecule has 0 saturated carbocycles. The fourth-order valence-electron chi connectivity index (χ4n) is 1.39. The Kier molecular flexibility index (Phi) is 2.45. The average Bonchev–Trinajstić information content (AvgIpc) is 2.13. The second-order valence-electron chi connectivity index (χ2n) is 3.14. The van der Waals surface area contributed by atoms with Crippen LogP contribution in [0, 0.1) is 0 Å². The SMILES string of the molecule is COC(=O)N1CCC1(C)C(=O)OC. The van der Waals surface area contributed by atoms with Crippen molar-refractivity contribution in [1.82, 2.24) is 4.90 Å². The molecule has 0 radical (unpaired) electrons. The summed E-state index contributed by atoms with van der Waals surface area (Å²) in [5.74, 6) is -0.399. The van der Waals surface area contributed by atoms with Crippen molar-refractivity contribution >= 4 is 12.1 Å². The molecule has 1 aliphatic rings. The maximum Gasteiger partial charge on any atom is 0.410 e. The Morgan fingerprint density at radius 1 is 1.31 bits per heavy atom. The van der Waals surface area contributed by atoms with Gasteiger partial charge in [0.1, 0.15) is 5.54 Å². The van der Waals surface area contributed by atoms with Crippen LogP contribution in [-0.2, 0) is 14.3 Å². The lowest BCUT2D eigenvalue weighted by molar-refractivity contribution is -0.160. The van der Waals surface area contributed by atoms with Crippen LogP contribution in [-0.4, -0.2) is 43.3 Å². The van der Waals surface area contributed by atoms with Gasteiger partial charge in [-0.3, -0.25) is 4.90 Å². The first-order valence-electron chi connectivity index (χ1n) is 4.00. The Hall–Kier alpha value is -1.26. The predicted octanol–water partition coefficient (Wildman–Crippen LogP) is 0.390. The zero-order valence-electron chi connectivity index (χ0n) is 7.99. The predicted molar refractivity (Wildman–Crippen MR) is 44.1 cm³/mol. The molecule has 0 aromatic rings. The van der Waals surface area contributed by atoms with Crippen LogP contribution in [0.4, 0.5) is 4.79 Å². The third-order valence-electron chi connectivity index (χ3n) is 2.44. The van der Waals surface area contributed by atoms with Gasteiger partial charge in [-0.1, -0.05) is 0 Å². The van der Waals surface area contributed by atoms with Crippen LogP contribution in [0.5, 0.6) is 0 Å². The summed E-state index contributed by atoms with van der Waals surface area (Å²) in [4.78, 5) is 23.8. The van der Waals surface area contributed by atoms with E-state index in [1.165, 1.54) is 19.1 Å². The van der Waals surface area contributed by atoms with Crippen molar-refractivity contribution in [3.63, 3.8) is 0 Å². The Morgan fingerprint density at radius 3 is 2.23 bits per heavy atom. The summed E-state index contributed by atoms with van der Waals surface area (Å²) < 4.78 is 9.12. The van der Waals surface area contributed by atoms with Gasteiger partial charge in [0, 0.05) is 6.54 Å². The Balaban J connectivity index is 2.71. The third kappa shape index (κ3) is 1.34. The summed E-state index contributed by atoms with van der Waals surface area (Å²) in [6, 6.07) is 0. The summed E-state index contributed by atoms with van der Waals surface area (Å²) in [5, 5.41) is 0. The molecule has 74 valence electrons. The highest BCUT2D eigenvalue weighted by molar-refractivity contribution is 5.87. The van der Waals surface area contributed by atoms with Crippen molar-refractivity contribution in [3.05, 3.63) is 0 Å². The number of amides is 1. The van der Waals surface area contributed by atoms with E-state index in [9.17, 15) is 9.59 Å². The largest absolute Gasteiger partial charge is 0.467 e. The molecule has 0 aromatic heterocycles. The molecule has 1 atom stereocenters. The van der Waals surface area contributed by atoms with Crippen molar-refractivity contribution < 1.29 is 19.1 Å². The number of nitrogens with zero attached hydrogens (tertiary/aromatic N) is 1. The van der Waals surface area contributed by atoms with E-state index in [0.717, 1.165) is 0 Å². The summed E-state index contributed by atoms with van der Waals surface area (Å²) in [7, 11) is 2.60. The van der Waals surface area contributed by atoms with Crippen LogP contribution in [0.15, 0.2) is 0 Å². The van der Waals surface area contributed by atoms with Crippen LogP contribution in [0.3, 0.4) is 0 Å². The highest BCUT2D eigenvalue weighted by atomic mass is 16.5. The van der Waals surface area contributed by atoms with E-state index in [2.05, 4.69) is 9.47 Å². The number of likely N-dealkylation sites (tertiary alicyclic amines) is 1. The maximum atomic E-state index is 11.3. The van der Waals surface area contributed by atoms with Crippen LogP contribution in [0.1, 0.15) is 13.3 Å². The molecule has 0 N–H and O–H groups in total. The molecule has 5 heteroatoms. The normalized spacial score (nSPS) is 26.2. The van der Waals surface area contributed by atoms with Crippen molar-refractivity contribution in [2.45, 2.75) is 18.9 Å².